The van der Waals surface area contributed by atoms with E-state index in [0.717, 1.165) is 6.42 Å². The van der Waals surface area contributed by atoms with Crippen molar-refractivity contribution in [1.82, 2.24) is 20.2 Å². The first-order valence-electron chi connectivity index (χ1n) is 5.68. The van der Waals surface area contributed by atoms with Crippen molar-refractivity contribution in [2.45, 2.75) is 6.42 Å². The van der Waals surface area contributed by atoms with Crippen LogP contribution in [0, 0.1) is 5.82 Å². The standard InChI is InChI=1S/C11H15FN6/c1-17-11(14-15-16-17)18(7-3-6-13)10-5-2-4-9(12)8-10/h2,4-5,8H,3,6-7,13H2,1H3. The minimum absolute atomic E-state index is 0.291. The second-order valence-electron chi connectivity index (χ2n) is 3.88. The van der Waals surface area contributed by atoms with Crippen molar-refractivity contribution in [2.75, 3.05) is 18.0 Å². The molecule has 0 aliphatic carbocycles. The Bertz CT molecular complexity index is 512. The molecule has 0 aliphatic heterocycles. The number of anilines is 2. The fourth-order valence-corrected chi connectivity index (χ4v) is 1.69. The van der Waals surface area contributed by atoms with Gasteiger partial charge in [0, 0.05) is 19.3 Å². The number of aryl methyl sites for hydroxylation is 1. The highest BCUT2D eigenvalue weighted by atomic mass is 19.1. The van der Waals surface area contributed by atoms with Gasteiger partial charge in [-0.1, -0.05) is 11.2 Å². The van der Waals surface area contributed by atoms with E-state index in [0.29, 0.717) is 24.7 Å². The van der Waals surface area contributed by atoms with Gasteiger partial charge >= 0.3 is 0 Å². The highest BCUT2D eigenvalue weighted by Gasteiger charge is 2.15. The average molecular weight is 250 g/mol. The molecule has 0 aliphatic rings. The number of rotatable bonds is 5. The van der Waals surface area contributed by atoms with Crippen LogP contribution in [0.15, 0.2) is 24.3 Å². The first kappa shape index (κ1) is 12.4. The molecule has 0 atom stereocenters. The van der Waals surface area contributed by atoms with Gasteiger partial charge in [-0.2, -0.15) is 0 Å². The molecule has 0 spiro atoms. The maximum Gasteiger partial charge on any atom is 0.249 e. The Morgan fingerprint density at radius 2 is 2.28 bits per heavy atom. The van der Waals surface area contributed by atoms with Crippen LogP contribution in [0.3, 0.4) is 0 Å². The van der Waals surface area contributed by atoms with Crippen molar-refractivity contribution >= 4 is 11.6 Å². The molecule has 0 unspecified atom stereocenters. The van der Waals surface area contributed by atoms with Crippen LogP contribution in [0.5, 0.6) is 0 Å². The number of nitrogens with zero attached hydrogens (tertiary/aromatic N) is 5. The van der Waals surface area contributed by atoms with Gasteiger partial charge in [0.1, 0.15) is 5.82 Å². The maximum absolute atomic E-state index is 13.3. The minimum Gasteiger partial charge on any atom is -0.330 e. The van der Waals surface area contributed by atoms with Crippen molar-refractivity contribution < 1.29 is 4.39 Å². The van der Waals surface area contributed by atoms with Crippen LogP contribution in [0.25, 0.3) is 0 Å². The molecule has 7 heteroatoms. The van der Waals surface area contributed by atoms with Gasteiger partial charge in [-0.25, -0.2) is 9.07 Å². The van der Waals surface area contributed by atoms with Crippen molar-refractivity contribution in [1.29, 1.82) is 0 Å². The third-order valence-corrected chi connectivity index (χ3v) is 2.54. The third kappa shape index (κ3) is 2.62. The van der Waals surface area contributed by atoms with Crippen LogP contribution in [0.2, 0.25) is 0 Å². The number of halogens is 1. The highest BCUT2D eigenvalue weighted by molar-refractivity contribution is 5.56. The maximum atomic E-state index is 13.3. The van der Waals surface area contributed by atoms with E-state index in [1.165, 1.54) is 12.1 Å². The van der Waals surface area contributed by atoms with Crippen LogP contribution in [-0.2, 0) is 7.05 Å². The van der Waals surface area contributed by atoms with E-state index in [4.69, 9.17) is 5.73 Å². The second-order valence-corrected chi connectivity index (χ2v) is 3.88. The molecule has 2 N–H and O–H groups in total. The van der Waals surface area contributed by atoms with E-state index in [-0.39, 0.29) is 5.82 Å². The first-order chi connectivity index (χ1) is 8.72. The van der Waals surface area contributed by atoms with E-state index in [1.54, 1.807) is 17.8 Å². The van der Waals surface area contributed by atoms with Crippen LogP contribution in [-0.4, -0.2) is 33.3 Å². The number of tetrazole rings is 1. The normalized spacial score (nSPS) is 10.6. The van der Waals surface area contributed by atoms with E-state index >= 15 is 0 Å². The van der Waals surface area contributed by atoms with E-state index < -0.39 is 0 Å². The topological polar surface area (TPSA) is 72.9 Å². The molecular formula is C11H15FN6. The minimum atomic E-state index is -0.291. The quantitative estimate of drug-likeness (QED) is 0.851. The van der Waals surface area contributed by atoms with Gasteiger partial charge in [0.2, 0.25) is 5.95 Å². The van der Waals surface area contributed by atoms with E-state index in [1.807, 2.05) is 11.0 Å². The molecule has 0 saturated carbocycles. The largest absolute Gasteiger partial charge is 0.330 e. The fraction of sp³-hybridized carbons (Fsp3) is 0.364. The molecule has 1 aromatic heterocycles. The van der Waals surface area contributed by atoms with Gasteiger partial charge in [0.25, 0.3) is 0 Å². The molecule has 18 heavy (non-hydrogen) atoms. The van der Waals surface area contributed by atoms with Crippen molar-refractivity contribution in [3.05, 3.63) is 30.1 Å². The monoisotopic (exact) mass is 250 g/mol. The lowest BCUT2D eigenvalue weighted by atomic mass is 10.2. The molecular weight excluding hydrogens is 235 g/mol. The van der Waals surface area contributed by atoms with Crippen molar-refractivity contribution in [2.24, 2.45) is 12.8 Å². The van der Waals surface area contributed by atoms with Gasteiger partial charge in [0.15, 0.2) is 0 Å². The molecule has 1 aromatic carbocycles. The number of aromatic nitrogens is 4. The Kier molecular flexibility index (Phi) is 3.83. The Morgan fingerprint density at radius 3 is 2.89 bits per heavy atom. The smallest absolute Gasteiger partial charge is 0.249 e. The summed E-state index contributed by atoms with van der Waals surface area (Å²) in [6.45, 7) is 1.19. The summed E-state index contributed by atoms with van der Waals surface area (Å²) < 4.78 is 14.8. The molecule has 96 valence electrons. The zero-order valence-corrected chi connectivity index (χ0v) is 10.1. The molecule has 2 aromatic rings. The van der Waals surface area contributed by atoms with Gasteiger partial charge in [-0.15, -0.1) is 0 Å². The highest BCUT2D eigenvalue weighted by Crippen LogP contribution is 2.23. The summed E-state index contributed by atoms with van der Waals surface area (Å²) in [7, 11) is 1.74. The zero-order valence-electron chi connectivity index (χ0n) is 10.1. The van der Waals surface area contributed by atoms with Gasteiger partial charge < -0.3 is 10.6 Å². The molecule has 1 heterocycles. The van der Waals surface area contributed by atoms with Crippen LogP contribution < -0.4 is 10.6 Å². The Labute approximate surface area is 104 Å². The zero-order chi connectivity index (χ0) is 13.0. The number of hydrogen-bond acceptors (Lipinski definition) is 5. The fourth-order valence-electron chi connectivity index (χ4n) is 1.69. The third-order valence-electron chi connectivity index (χ3n) is 2.54. The van der Waals surface area contributed by atoms with Crippen LogP contribution in [0.4, 0.5) is 16.0 Å². The predicted molar refractivity (Wildman–Crippen MR) is 65.9 cm³/mol. The molecule has 0 amide bonds. The van der Waals surface area contributed by atoms with Gasteiger partial charge in [0.05, 0.1) is 0 Å². The van der Waals surface area contributed by atoms with E-state index in [9.17, 15) is 4.39 Å². The van der Waals surface area contributed by atoms with E-state index in [2.05, 4.69) is 15.5 Å². The lowest BCUT2D eigenvalue weighted by Gasteiger charge is -2.22. The summed E-state index contributed by atoms with van der Waals surface area (Å²) >= 11 is 0. The molecule has 0 radical (unpaired) electrons. The summed E-state index contributed by atoms with van der Waals surface area (Å²) in [6, 6.07) is 6.32. The summed E-state index contributed by atoms with van der Waals surface area (Å²) in [4.78, 5) is 1.84. The Balaban J connectivity index is 2.33. The van der Waals surface area contributed by atoms with Crippen molar-refractivity contribution in [3.8, 4) is 0 Å². The molecule has 0 saturated heterocycles. The molecule has 6 nitrogen and oxygen atoms in total. The SMILES string of the molecule is Cn1nnnc1N(CCCN)c1cccc(F)c1. The summed E-state index contributed by atoms with van der Waals surface area (Å²) in [5.74, 6) is 0.273. The lowest BCUT2D eigenvalue weighted by molar-refractivity contribution is 0.626. The predicted octanol–water partition coefficient (Wildman–Crippen LogP) is 0.836. The second kappa shape index (κ2) is 5.54. The molecule has 0 fully saturated rings. The Hall–Kier alpha value is -2.02. The van der Waals surface area contributed by atoms with Gasteiger partial charge in [-0.3, -0.25) is 0 Å². The average Bonchev–Trinajstić information content (AvgIpc) is 2.77. The number of hydrogen-bond donors (Lipinski definition) is 1. The van der Waals surface area contributed by atoms with Crippen LogP contribution in [0.1, 0.15) is 6.42 Å². The van der Waals surface area contributed by atoms with Crippen LogP contribution >= 0.6 is 0 Å². The lowest BCUT2D eigenvalue weighted by Crippen LogP contribution is -2.24. The first-order valence-corrected chi connectivity index (χ1v) is 5.68. The number of nitrogens with two attached hydrogens (primary N) is 1. The number of benzene rings is 1. The Morgan fingerprint density at radius 1 is 1.44 bits per heavy atom. The molecule has 0 bridgehead atoms. The molecule has 2 rings (SSSR count). The summed E-state index contributed by atoms with van der Waals surface area (Å²) in [6.07, 6.45) is 0.767. The summed E-state index contributed by atoms with van der Waals surface area (Å²) in [5, 5.41) is 11.3. The van der Waals surface area contributed by atoms with Crippen molar-refractivity contribution in [3.63, 3.8) is 0 Å². The van der Waals surface area contributed by atoms with Gasteiger partial charge in [-0.05, 0) is 41.6 Å². The summed E-state index contributed by atoms with van der Waals surface area (Å²) in [5.41, 5.74) is 6.23.